The van der Waals surface area contributed by atoms with E-state index in [1.165, 1.54) is 0 Å². The monoisotopic (exact) mass is 344 g/mol. The molecule has 0 fully saturated rings. The summed E-state index contributed by atoms with van der Waals surface area (Å²) in [6, 6.07) is 1.23. The van der Waals surface area contributed by atoms with Gasteiger partial charge >= 0.3 is 23.9 Å². The maximum absolute atomic E-state index is 12.0. The van der Waals surface area contributed by atoms with Gasteiger partial charge in [-0.1, -0.05) is 0 Å². The van der Waals surface area contributed by atoms with Crippen molar-refractivity contribution in [2.45, 2.75) is 18.4 Å². The zero-order valence-electron chi connectivity index (χ0n) is 11.8. The van der Waals surface area contributed by atoms with Gasteiger partial charge in [-0.15, -0.1) is 0 Å². The number of hydrogen-bond acceptors (Lipinski definition) is 8. The van der Waals surface area contributed by atoms with Gasteiger partial charge < -0.3 is 35.4 Å². The molecule has 11 nitrogen and oxygen atoms in total. The highest BCUT2D eigenvalue weighted by molar-refractivity contribution is 5.96. The number of carbonyl (C=O) groups is 4. The Morgan fingerprint density at radius 3 is 1.62 bits per heavy atom. The van der Waals surface area contributed by atoms with E-state index in [0.29, 0.717) is 12.1 Å². The molecule has 0 saturated carbocycles. The highest BCUT2D eigenvalue weighted by Crippen LogP contribution is 2.36. The molecule has 0 aliphatic heterocycles. The van der Waals surface area contributed by atoms with Crippen molar-refractivity contribution in [2.75, 3.05) is 0 Å². The fourth-order valence-corrected chi connectivity index (χ4v) is 1.78. The van der Waals surface area contributed by atoms with Crippen LogP contribution in [0.5, 0.6) is 17.2 Å². The Hall–Kier alpha value is -3.50. The number of carboxylic acid groups (broad SMARTS) is 3. The van der Waals surface area contributed by atoms with Gasteiger partial charge in [-0.05, 0) is 12.1 Å². The number of ether oxygens (including phenoxy) is 1. The number of benzene rings is 1. The standard InChI is InChI=1S/C13H12O11/c14-6-1-5(2-7(15)10(6)20)11(21)24-13(12(22)23,3-8(16)17)4-9(18)19/h1-2,14-15,20H,3-4H2,(H,16,17)(H,18,19)(H,22,23). The Bertz CT molecular complexity index is 667. The van der Waals surface area contributed by atoms with Gasteiger partial charge in [0.1, 0.15) is 0 Å². The molecule has 6 N–H and O–H groups in total. The van der Waals surface area contributed by atoms with E-state index in [0.717, 1.165) is 0 Å². The maximum atomic E-state index is 12.0. The maximum Gasteiger partial charge on any atom is 0.349 e. The second kappa shape index (κ2) is 6.73. The molecule has 1 aromatic carbocycles. The topological polar surface area (TPSA) is 199 Å². The minimum atomic E-state index is -2.90. The fourth-order valence-electron chi connectivity index (χ4n) is 1.78. The Balaban J connectivity index is 3.26. The van der Waals surface area contributed by atoms with Crippen molar-refractivity contribution < 1.29 is 54.6 Å². The van der Waals surface area contributed by atoms with Crippen molar-refractivity contribution in [3.8, 4) is 17.2 Å². The third kappa shape index (κ3) is 4.03. The lowest BCUT2D eigenvalue weighted by Crippen LogP contribution is -2.47. The lowest BCUT2D eigenvalue weighted by molar-refractivity contribution is -0.171. The molecule has 0 aliphatic rings. The Morgan fingerprint density at radius 2 is 1.29 bits per heavy atom. The fraction of sp³-hybridized carbons (Fsp3) is 0.231. The van der Waals surface area contributed by atoms with Crippen LogP contribution < -0.4 is 0 Å². The Labute approximate surface area is 133 Å². The normalized spacial score (nSPS) is 10.8. The van der Waals surface area contributed by atoms with Crippen LogP contribution in [-0.4, -0.2) is 60.1 Å². The number of hydrogen-bond donors (Lipinski definition) is 6. The molecule has 1 rings (SSSR count). The van der Waals surface area contributed by atoms with Gasteiger partial charge in [-0.2, -0.15) is 0 Å². The van der Waals surface area contributed by atoms with Crippen LogP contribution in [0.4, 0.5) is 0 Å². The molecule has 0 amide bonds. The van der Waals surface area contributed by atoms with Crippen molar-refractivity contribution in [3.05, 3.63) is 17.7 Å². The third-order valence-electron chi connectivity index (χ3n) is 2.86. The average molecular weight is 344 g/mol. The van der Waals surface area contributed by atoms with Gasteiger partial charge in [0, 0.05) is 0 Å². The molecule has 1 aromatic rings. The van der Waals surface area contributed by atoms with Gasteiger partial charge in [0.15, 0.2) is 17.2 Å². The molecular formula is C13H12O11. The number of rotatable bonds is 7. The molecule has 24 heavy (non-hydrogen) atoms. The highest BCUT2D eigenvalue weighted by atomic mass is 16.6. The molecular weight excluding hydrogens is 332 g/mol. The summed E-state index contributed by atoms with van der Waals surface area (Å²) in [5, 5.41) is 54.4. The lowest BCUT2D eigenvalue weighted by Gasteiger charge is -2.26. The number of phenolic OH excluding ortho intramolecular Hbond substituents is 3. The van der Waals surface area contributed by atoms with Crippen LogP contribution in [0.25, 0.3) is 0 Å². The van der Waals surface area contributed by atoms with Crippen LogP contribution in [0, 0.1) is 0 Å². The summed E-state index contributed by atoms with van der Waals surface area (Å²) in [5.74, 6) is -9.81. The number of carbonyl (C=O) groups excluding carboxylic acids is 1. The predicted molar refractivity (Wildman–Crippen MR) is 71.7 cm³/mol. The second-order valence-corrected chi connectivity index (χ2v) is 4.69. The van der Waals surface area contributed by atoms with Gasteiger partial charge in [0.05, 0.1) is 18.4 Å². The van der Waals surface area contributed by atoms with Crippen LogP contribution in [-0.2, 0) is 19.1 Å². The summed E-state index contributed by atoms with van der Waals surface area (Å²) in [6.45, 7) is 0. The summed E-state index contributed by atoms with van der Waals surface area (Å²) in [6.07, 6.45) is -2.67. The quantitative estimate of drug-likeness (QED) is 0.281. The van der Waals surface area contributed by atoms with Crippen LogP contribution >= 0.6 is 0 Å². The minimum Gasteiger partial charge on any atom is -0.504 e. The first-order valence-corrected chi connectivity index (χ1v) is 6.14. The molecule has 0 heterocycles. The van der Waals surface area contributed by atoms with Gasteiger partial charge in [0.2, 0.25) is 5.60 Å². The number of aromatic hydroxyl groups is 3. The average Bonchev–Trinajstić information content (AvgIpc) is 2.42. The predicted octanol–water partition coefficient (Wildman–Crippen LogP) is -0.267. The van der Waals surface area contributed by atoms with Crippen molar-refractivity contribution in [3.63, 3.8) is 0 Å². The van der Waals surface area contributed by atoms with E-state index < -0.39 is 65.1 Å². The summed E-state index contributed by atoms with van der Waals surface area (Å²) >= 11 is 0. The Morgan fingerprint density at radius 1 is 0.875 bits per heavy atom. The molecule has 0 saturated heterocycles. The van der Waals surface area contributed by atoms with Crippen LogP contribution in [0.15, 0.2) is 12.1 Å². The third-order valence-corrected chi connectivity index (χ3v) is 2.86. The minimum absolute atomic E-state index is 0.617. The second-order valence-electron chi connectivity index (χ2n) is 4.69. The number of phenols is 3. The van der Waals surface area contributed by atoms with Gasteiger partial charge in [-0.25, -0.2) is 9.59 Å². The van der Waals surface area contributed by atoms with Crippen molar-refractivity contribution in [1.29, 1.82) is 0 Å². The van der Waals surface area contributed by atoms with Gasteiger partial charge in [0.25, 0.3) is 0 Å². The van der Waals surface area contributed by atoms with Crippen molar-refractivity contribution in [2.24, 2.45) is 0 Å². The Kier molecular flexibility index (Phi) is 5.20. The van der Waals surface area contributed by atoms with Gasteiger partial charge in [-0.3, -0.25) is 9.59 Å². The molecule has 11 heteroatoms. The van der Waals surface area contributed by atoms with E-state index in [4.69, 9.17) is 20.4 Å². The van der Waals surface area contributed by atoms with Crippen molar-refractivity contribution >= 4 is 23.9 Å². The molecule has 0 atom stereocenters. The van der Waals surface area contributed by atoms with E-state index >= 15 is 0 Å². The first-order valence-electron chi connectivity index (χ1n) is 6.14. The SMILES string of the molecule is O=C(O)CC(CC(=O)O)(OC(=O)c1cc(O)c(O)c(O)c1)C(=O)O. The largest absolute Gasteiger partial charge is 0.504 e. The number of carboxylic acids is 3. The van der Waals surface area contributed by atoms with Crippen LogP contribution in [0.2, 0.25) is 0 Å². The first-order chi connectivity index (χ1) is 11.0. The molecule has 0 bridgehead atoms. The highest BCUT2D eigenvalue weighted by Gasteiger charge is 2.47. The van der Waals surface area contributed by atoms with Crippen molar-refractivity contribution in [1.82, 2.24) is 0 Å². The molecule has 130 valence electrons. The first kappa shape index (κ1) is 18.5. The smallest absolute Gasteiger partial charge is 0.349 e. The van der Waals surface area contributed by atoms with E-state index in [-0.39, 0.29) is 0 Å². The van der Waals surface area contributed by atoms with E-state index in [9.17, 15) is 29.4 Å². The zero-order valence-corrected chi connectivity index (χ0v) is 11.8. The van der Waals surface area contributed by atoms with E-state index in [1.54, 1.807) is 0 Å². The molecule has 0 aromatic heterocycles. The summed E-state index contributed by atoms with van der Waals surface area (Å²) in [7, 11) is 0. The van der Waals surface area contributed by atoms with Crippen LogP contribution in [0.3, 0.4) is 0 Å². The number of esters is 1. The van der Waals surface area contributed by atoms with E-state index in [2.05, 4.69) is 4.74 Å². The zero-order chi connectivity index (χ0) is 18.7. The molecule has 0 spiro atoms. The summed E-state index contributed by atoms with van der Waals surface area (Å²) < 4.78 is 4.55. The van der Waals surface area contributed by atoms with Crippen LogP contribution in [0.1, 0.15) is 23.2 Å². The lowest BCUT2D eigenvalue weighted by atomic mass is 9.95. The molecule has 0 unspecified atom stereocenters. The summed E-state index contributed by atoms with van der Waals surface area (Å²) in [4.78, 5) is 44.9. The summed E-state index contributed by atoms with van der Waals surface area (Å²) in [5.41, 5.74) is -3.54. The molecule has 0 radical (unpaired) electrons. The van der Waals surface area contributed by atoms with E-state index in [1.807, 2.05) is 0 Å². The number of aliphatic carboxylic acids is 3. The molecule has 0 aliphatic carbocycles.